The Labute approximate surface area is 187 Å². The van der Waals surface area contributed by atoms with Gasteiger partial charge < -0.3 is 15.1 Å². The molecule has 166 valence electrons. The van der Waals surface area contributed by atoms with Gasteiger partial charge in [0.2, 0.25) is 5.91 Å². The molecule has 2 fully saturated rings. The second-order valence-electron chi connectivity index (χ2n) is 8.53. The van der Waals surface area contributed by atoms with Gasteiger partial charge in [-0.3, -0.25) is 9.59 Å². The summed E-state index contributed by atoms with van der Waals surface area (Å²) in [5, 5.41) is 12.1. The fraction of sp³-hybridized carbons (Fsp3) is 0.400. The molecule has 2 heterocycles. The summed E-state index contributed by atoms with van der Waals surface area (Å²) in [6.07, 6.45) is 3.26. The Morgan fingerprint density at radius 2 is 1.66 bits per heavy atom. The maximum absolute atomic E-state index is 13.1. The lowest BCUT2D eigenvalue weighted by molar-refractivity contribution is -0.127. The minimum atomic E-state index is -0.373. The summed E-state index contributed by atoms with van der Waals surface area (Å²) in [7, 11) is 0. The zero-order valence-electron chi connectivity index (χ0n) is 18.0. The van der Waals surface area contributed by atoms with Gasteiger partial charge in [0.05, 0.1) is 17.6 Å². The molecule has 0 bridgehead atoms. The van der Waals surface area contributed by atoms with Crippen molar-refractivity contribution in [2.45, 2.75) is 31.7 Å². The molecule has 2 amide bonds. The first-order valence-corrected chi connectivity index (χ1v) is 11.1. The van der Waals surface area contributed by atoms with Crippen LogP contribution in [0, 0.1) is 23.1 Å². The van der Waals surface area contributed by atoms with Crippen LogP contribution in [0.2, 0.25) is 0 Å². The van der Waals surface area contributed by atoms with Gasteiger partial charge in [0.25, 0.3) is 5.91 Å². The van der Waals surface area contributed by atoms with Crippen LogP contribution >= 0.6 is 0 Å². The highest BCUT2D eigenvalue weighted by Gasteiger charge is 2.30. The number of halogens is 1. The lowest BCUT2D eigenvalue weighted by Gasteiger charge is -2.36. The van der Waals surface area contributed by atoms with Gasteiger partial charge in [-0.05, 0) is 74.2 Å². The molecular formula is C25H27FN4O2. The standard InChI is InChI=1S/C25H27FN4O2/c26-21-7-5-19(6-8-21)25(32)30-13-1-2-20(17-30)24(31)28-22-11-14-29(15-12-22)23-9-3-18(16-27)4-10-23/h3-10,20,22H,1-2,11-15,17H2,(H,28,31). The Kier molecular flexibility index (Phi) is 6.69. The van der Waals surface area contributed by atoms with Gasteiger partial charge in [-0.15, -0.1) is 0 Å². The number of rotatable bonds is 4. The molecule has 2 saturated heterocycles. The van der Waals surface area contributed by atoms with Crippen molar-refractivity contribution in [3.8, 4) is 6.07 Å². The lowest BCUT2D eigenvalue weighted by Crippen LogP contribution is -2.50. The lowest BCUT2D eigenvalue weighted by atomic mass is 9.95. The average molecular weight is 435 g/mol. The van der Waals surface area contributed by atoms with E-state index in [1.807, 2.05) is 24.3 Å². The Bertz CT molecular complexity index is 992. The van der Waals surface area contributed by atoms with Crippen LogP contribution in [-0.2, 0) is 4.79 Å². The Morgan fingerprint density at radius 1 is 0.969 bits per heavy atom. The van der Waals surface area contributed by atoms with Crippen molar-refractivity contribution < 1.29 is 14.0 Å². The monoisotopic (exact) mass is 434 g/mol. The van der Waals surface area contributed by atoms with E-state index < -0.39 is 0 Å². The first kappa shape index (κ1) is 21.8. The third-order valence-electron chi connectivity index (χ3n) is 6.37. The predicted molar refractivity (Wildman–Crippen MR) is 120 cm³/mol. The van der Waals surface area contributed by atoms with Crippen LogP contribution in [0.15, 0.2) is 48.5 Å². The fourth-order valence-corrected chi connectivity index (χ4v) is 4.50. The van der Waals surface area contributed by atoms with Gasteiger partial charge >= 0.3 is 0 Å². The van der Waals surface area contributed by atoms with Crippen LogP contribution < -0.4 is 10.2 Å². The van der Waals surface area contributed by atoms with Gasteiger partial charge in [-0.1, -0.05) is 0 Å². The number of carbonyl (C=O) groups excluding carboxylic acids is 2. The molecule has 1 N–H and O–H groups in total. The number of benzene rings is 2. The molecule has 2 aliphatic rings. The number of nitrogens with one attached hydrogen (secondary N) is 1. The molecule has 2 aromatic rings. The van der Waals surface area contributed by atoms with E-state index in [2.05, 4.69) is 16.3 Å². The SMILES string of the molecule is N#Cc1ccc(N2CCC(NC(=O)C3CCCN(C(=O)c4ccc(F)cc4)C3)CC2)cc1. The van der Waals surface area contributed by atoms with Gasteiger partial charge in [-0.2, -0.15) is 5.26 Å². The number of anilines is 1. The van der Waals surface area contributed by atoms with Gasteiger partial charge in [0, 0.05) is 43.5 Å². The Balaban J connectivity index is 1.28. The van der Waals surface area contributed by atoms with Crippen LogP contribution in [-0.4, -0.2) is 48.9 Å². The summed E-state index contributed by atoms with van der Waals surface area (Å²) in [5.74, 6) is -0.732. The zero-order chi connectivity index (χ0) is 22.5. The van der Waals surface area contributed by atoms with Crippen molar-refractivity contribution in [3.05, 3.63) is 65.5 Å². The Morgan fingerprint density at radius 3 is 2.31 bits per heavy atom. The molecule has 4 rings (SSSR count). The second kappa shape index (κ2) is 9.82. The van der Waals surface area contributed by atoms with Crippen molar-refractivity contribution in [3.63, 3.8) is 0 Å². The Hall–Kier alpha value is -3.40. The highest BCUT2D eigenvalue weighted by molar-refractivity contribution is 5.94. The predicted octanol–water partition coefficient (Wildman–Crippen LogP) is 3.33. The molecule has 0 radical (unpaired) electrons. The molecule has 2 aromatic carbocycles. The van der Waals surface area contributed by atoms with E-state index in [0.717, 1.165) is 44.5 Å². The van der Waals surface area contributed by atoms with E-state index in [1.165, 1.54) is 24.3 Å². The minimum Gasteiger partial charge on any atom is -0.371 e. The number of hydrogen-bond acceptors (Lipinski definition) is 4. The molecule has 7 heteroatoms. The first-order chi connectivity index (χ1) is 15.5. The summed E-state index contributed by atoms with van der Waals surface area (Å²) in [6.45, 7) is 2.70. The second-order valence-corrected chi connectivity index (χ2v) is 8.53. The highest BCUT2D eigenvalue weighted by atomic mass is 19.1. The molecule has 32 heavy (non-hydrogen) atoms. The topological polar surface area (TPSA) is 76.4 Å². The highest BCUT2D eigenvalue weighted by Crippen LogP contribution is 2.23. The van der Waals surface area contributed by atoms with E-state index in [9.17, 15) is 14.0 Å². The molecule has 6 nitrogen and oxygen atoms in total. The molecule has 0 aromatic heterocycles. The summed E-state index contributed by atoms with van der Waals surface area (Å²) < 4.78 is 13.1. The number of hydrogen-bond donors (Lipinski definition) is 1. The molecule has 0 spiro atoms. The maximum Gasteiger partial charge on any atom is 0.253 e. The van der Waals surface area contributed by atoms with Crippen LogP contribution in [0.25, 0.3) is 0 Å². The summed E-state index contributed by atoms with van der Waals surface area (Å²) in [4.78, 5) is 29.6. The van der Waals surface area contributed by atoms with E-state index in [4.69, 9.17) is 5.26 Å². The number of amides is 2. The van der Waals surface area contributed by atoms with Crippen molar-refractivity contribution in [2.24, 2.45) is 5.92 Å². The molecule has 1 unspecified atom stereocenters. The molecule has 1 atom stereocenters. The number of carbonyl (C=O) groups is 2. The van der Waals surface area contributed by atoms with Crippen LogP contribution in [0.1, 0.15) is 41.6 Å². The van der Waals surface area contributed by atoms with E-state index in [-0.39, 0.29) is 29.6 Å². The van der Waals surface area contributed by atoms with Crippen molar-refractivity contribution >= 4 is 17.5 Å². The summed E-state index contributed by atoms with van der Waals surface area (Å²) in [5.41, 5.74) is 2.19. The van der Waals surface area contributed by atoms with E-state index in [1.54, 1.807) is 4.90 Å². The fourth-order valence-electron chi connectivity index (χ4n) is 4.50. The van der Waals surface area contributed by atoms with Crippen LogP contribution in [0.4, 0.5) is 10.1 Å². The van der Waals surface area contributed by atoms with Gasteiger partial charge in [-0.25, -0.2) is 4.39 Å². The minimum absolute atomic E-state index is 0.0124. The average Bonchev–Trinajstić information content (AvgIpc) is 2.85. The smallest absolute Gasteiger partial charge is 0.253 e. The number of nitrogens with zero attached hydrogens (tertiary/aromatic N) is 3. The van der Waals surface area contributed by atoms with Crippen LogP contribution in [0.3, 0.4) is 0 Å². The van der Waals surface area contributed by atoms with Crippen molar-refractivity contribution in [2.75, 3.05) is 31.1 Å². The van der Waals surface area contributed by atoms with Crippen LogP contribution in [0.5, 0.6) is 0 Å². The number of piperidine rings is 2. The quantitative estimate of drug-likeness (QED) is 0.801. The zero-order valence-corrected chi connectivity index (χ0v) is 18.0. The summed E-state index contributed by atoms with van der Waals surface area (Å²) >= 11 is 0. The number of likely N-dealkylation sites (tertiary alicyclic amines) is 1. The molecular weight excluding hydrogens is 407 g/mol. The van der Waals surface area contributed by atoms with E-state index in [0.29, 0.717) is 24.2 Å². The first-order valence-electron chi connectivity index (χ1n) is 11.1. The number of nitriles is 1. The van der Waals surface area contributed by atoms with Crippen molar-refractivity contribution in [1.29, 1.82) is 5.26 Å². The van der Waals surface area contributed by atoms with E-state index >= 15 is 0 Å². The third kappa shape index (κ3) is 5.08. The van der Waals surface area contributed by atoms with Gasteiger partial charge in [0.15, 0.2) is 0 Å². The maximum atomic E-state index is 13.1. The van der Waals surface area contributed by atoms with Gasteiger partial charge in [0.1, 0.15) is 5.82 Å². The molecule has 2 aliphatic heterocycles. The largest absolute Gasteiger partial charge is 0.371 e. The normalized spacial score (nSPS) is 19.3. The van der Waals surface area contributed by atoms with Crippen molar-refractivity contribution in [1.82, 2.24) is 10.2 Å². The molecule has 0 saturated carbocycles. The summed E-state index contributed by atoms with van der Waals surface area (Å²) in [6, 6.07) is 15.4. The molecule has 0 aliphatic carbocycles. The third-order valence-corrected chi connectivity index (χ3v) is 6.37.